The molecule has 0 saturated carbocycles. The fourth-order valence-corrected chi connectivity index (χ4v) is 4.42. The van der Waals surface area contributed by atoms with Gasteiger partial charge in [0, 0.05) is 71.6 Å². The summed E-state index contributed by atoms with van der Waals surface area (Å²) < 4.78 is 10.8. The van der Waals surface area contributed by atoms with Crippen molar-refractivity contribution in [2.45, 2.75) is 39.0 Å². The molecule has 1 aromatic carbocycles. The Bertz CT molecular complexity index is 724. The standard InChI is InChI=1S/C24H38N4O4/c1-19-15-27(16-20(2)32-19)17-21-5-7-22(8-6-21)24(30)28-12-10-26(11-13-28)18-23(29)25-9-4-14-31-3/h5-8,19-20H,4,9-18H2,1-3H3,(H,25,29). The van der Waals surface area contributed by atoms with Crippen molar-refractivity contribution in [2.24, 2.45) is 0 Å². The highest BCUT2D eigenvalue weighted by Crippen LogP contribution is 2.16. The Morgan fingerprint density at radius 3 is 2.31 bits per heavy atom. The molecule has 2 saturated heterocycles. The number of amides is 2. The van der Waals surface area contributed by atoms with Gasteiger partial charge in [-0.05, 0) is 38.0 Å². The minimum absolute atomic E-state index is 0.0283. The van der Waals surface area contributed by atoms with Gasteiger partial charge in [-0.15, -0.1) is 0 Å². The molecule has 8 nitrogen and oxygen atoms in total. The van der Waals surface area contributed by atoms with Crippen molar-refractivity contribution in [1.82, 2.24) is 20.0 Å². The maximum atomic E-state index is 12.9. The maximum absolute atomic E-state index is 12.9. The summed E-state index contributed by atoms with van der Waals surface area (Å²) in [7, 11) is 1.66. The van der Waals surface area contributed by atoms with E-state index in [1.807, 2.05) is 17.0 Å². The van der Waals surface area contributed by atoms with Crippen LogP contribution in [0.3, 0.4) is 0 Å². The first-order chi connectivity index (χ1) is 15.4. The molecule has 178 valence electrons. The molecule has 2 atom stereocenters. The Hall–Kier alpha value is -2.00. The first-order valence-electron chi connectivity index (χ1n) is 11.7. The highest BCUT2D eigenvalue weighted by Gasteiger charge is 2.24. The van der Waals surface area contributed by atoms with E-state index in [0.29, 0.717) is 45.9 Å². The Balaban J connectivity index is 1.41. The summed E-state index contributed by atoms with van der Waals surface area (Å²) in [5, 5.41) is 2.91. The SMILES string of the molecule is COCCCNC(=O)CN1CCN(C(=O)c2ccc(CN3CC(C)OC(C)C3)cc2)CC1. The molecule has 8 heteroatoms. The molecule has 0 aliphatic carbocycles. The monoisotopic (exact) mass is 446 g/mol. The average Bonchev–Trinajstić information content (AvgIpc) is 2.77. The van der Waals surface area contributed by atoms with Crippen LogP contribution in [0.2, 0.25) is 0 Å². The van der Waals surface area contributed by atoms with E-state index in [1.165, 1.54) is 5.56 Å². The van der Waals surface area contributed by atoms with Crippen LogP contribution in [-0.4, -0.2) is 105 Å². The lowest BCUT2D eigenvalue weighted by molar-refractivity contribution is -0.122. The molecule has 2 aliphatic rings. The lowest BCUT2D eigenvalue weighted by atomic mass is 10.1. The number of hydrogen-bond donors (Lipinski definition) is 1. The van der Waals surface area contributed by atoms with Gasteiger partial charge >= 0.3 is 0 Å². The summed E-state index contributed by atoms with van der Waals surface area (Å²) in [5.41, 5.74) is 1.94. The van der Waals surface area contributed by atoms with Gasteiger partial charge in [-0.3, -0.25) is 19.4 Å². The molecular weight excluding hydrogens is 408 g/mol. The number of carbonyl (C=O) groups excluding carboxylic acids is 2. The summed E-state index contributed by atoms with van der Waals surface area (Å²) in [4.78, 5) is 31.3. The van der Waals surface area contributed by atoms with Crippen LogP contribution in [0.1, 0.15) is 36.2 Å². The second-order valence-electron chi connectivity index (χ2n) is 8.91. The molecule has 2 amide bonds. The number of ether oxygens (including phenoxy) is 2. The van der Waals surface area contributed by atoms with Gasteiger partial charge < -0.3 is 19.7 Å². The van der Waals surface area contributed by atoms with E-state index in [0.717, 1.165) is 31.6 Å². The van der Waals surface area contributed by atoms with Crippen LogP contribution in [-0.2, 0) is 20.8 Å². The smallest absolute Gasteiger partial charge is 0.253 e. The molecule has 2 aliphatic heterocycles. The molecule has 1 N–H and O–H groups in total. The van der Waals surface area contributed by atoms with Crippen LogP contribution in [0.25, 0.3) is 0 Å². The highest BCUT2D eigenvalue weighted by molar-refractivity contribution is 5.94. The third kappa shape index (κ3) is 7.55. The lowest BCUT2D eigenvalue weighted by Crippen LogP contribution is -2.51. The Morgan fingerprint density at radius 2 is 1.69 bits per heavy atom. The number of nitrogens with zero attached hydrogens (tertiary/aromatic N) is 3. The summed E-state index contributed by atoms with van der Waals surface area (Å²) >= 11 is 0. The van der Waals surface area contributed by atoms with Crippen molar-refractivity contribution in [2.75, 3.05) is 66.1 Å². The van der Waals surface area contributed by atoms with E-state index in [-0.39, 0.29) is 24.0 Å². The van der Waals surface area contributed by atoms with Crippen LogP contribution in [0.5, 0.6) is 0 Å². The molecule has 0 radical (unpaired) electrons. The summed E-state index contributed by atoms with van der Waals surface area (Å²) in [6.45, 7) is 11.3. The number of hydrogen-bond acceptors (Lipinski definition) is 6. The Kier molecular flexibility index (Phi) is 9.47. The predicted molar refractivity (Wildman–Crippen MR) is 124 cm³/mol. The van der Waals surface area contributed by atoms with Crippen LogP contribution in [0.4, 0.5) is 0 Å². The Labute approximate surface area is 191 Å². The van der Waals surface area contributed by atoms with E-state index < -0.39 is 0 Å². The van der Waals surface area contributed by atoms with Crippen LogP contribution in [0, 0.1) is 0 Å². The van der Waals surface area contributed by atoms with Crippen LogP contribution < -0.4 is 5.32 Å². The van der Waals surface area contributed by atoms with Crippen molar-refractivity contribution in [1.29, 1.82) is 0 Å². The van der Waals surface area contributed by atoms with Gasteiger partial charge in [-0.1, -0.05) is 12.1 Å². The molecule has 2 unspecified atom stereocenters. The molecule has 0 bridgehead atoms. The number of morpholine rings is 1. The number of piperazine rings is 1. The largest absolute Gasteiger partial charge is 0.385 e. The molecular formula is C24H38N4O4. The van der Waals surface area contributed by atoms with Crippen molar-refractivity contribution in [3.05, 3.63) is 35.4 Å². The van der Waals surface area contributed by atoms with Gasteiger partial charge in [-0.25, -0.2) is 0 Å². The minimum Gasteiger partial charge on any atom is -0.385 e. The van der Waals surface area contributed by atoms with Crippen LogP contribution >= 0.6 is 0 Å². The predicted octanol–water partition coefficient (Wildman–Crippen LogP) is 1.21. The number of carbonyl (C=O) groups is 2. The molecule has 3 rings (SSSR count). The second kappa shape index (κ2) is 12.3. The molecule has 2 fully saturated rings. The van der Waals surface area contributed by atoms with E-state index in [1.54, 1.807) is 7.11 Å². The molecule has 32 heavy (non-hydrogen) atoms. The summed E-state index contributed by atoms with van der Waals surface area (Å²) in [6.07, 6.45) is 1.31. The molecule has 0 aromatic heterocycles. The van der Waals surface area contributed by atoms with Crippen molar-refractivity contribution >= 4 is 11.8 Å². The van der Waals surface area contributed by atoms with Crippen LogP contribution in [0.15, 0.2) is 24.3 Å². The number of benzene rings is 1. The van der Waals surface area contributed by atoms with Crippen molar-refractivity contribution < 1.29 is 19.1 Å². The average molecular weight is 447 g/mol. The summed E-state index contributed by atoms with van der Waals surface area (Å²) in [6, 6.07) is 7.99. The topological polar surface area (TPSA) is 74.4 Å². The van der Waals surface area contributed by atoms with E-state index in [9.17, 15) is 9.59 Å². The number of rotatable bonds is 9. The van der Waals surface area contributed by atoms with E-state index >= 15 is 0 Å². The maximum Gasteiger partial charge on any atom is 0.253 e. The fourth-order valence-electron chi connectivity index (χ4n) is 4.42. The fraction of sp³-hybridized carbons (Fsp3) is 0.667. The van der Waals surface area contributed by atoms with Gasteiger partial charge in [0.05, 0.1) is 18.8 Å². The third-order valence-corrected chi connectivity index (χ3v) is 5.98. The van der Waals surface area contributed by atoms with Crippen molar-refractivity contribution in [3.8, 4) is 0 Å². The lowest BCUT2D eigenvalue weighted by Gasteiger charge is -2.35. The van der Waals surface area contributed by atoms with Gasteiger partial charge in [0.15, 0.2) is 0 Å². The number of methoxy groups -OCH3 is 1. The van der Waals surface area contributed by atoms with Gasteiger partial charge in [0.25, 0.3) is 5.91 Å². The summed E-state index contributed by atoms with van der Waals surface area (Å²) in [5.74, 6) is 0.0920. The van der Waals surface area contributed by atoms with Crippen molar-refractivity contribution in [3.63, 3.8) is 0 Å². The normalized spacial score (nSPS) is 22.7. The third-order valence-electron chi connectivity index (χ3n) is 5.98. The molecule has 0 spiro atoms. The first-order valence-corrected chi connectivity index (χ1v) is 11.7. The van der Waals surface area contributed by atoms with Gasteiger partial charge in [0.2, 0.25) is 5.91 Å². The first kappa shape index (κ1) is 24.6. The zero-order valence-electron chi connectivity index (χ0n) is 19.7. The van der Waals surface area contributed by atoms with E-state index in [4.69, 9.17) is 9.47 Å². The van der Waals surface area contributed by atoms with Gasteiger partial charge in [0.1, 0.15) is 0 Å². The quantitative estimate of drug-likeness (QED) is 0.575. The highest BCUT2D eigenvalue weighted by atomic mass is 16.5. The van der Waals surface area contributed by atoms with E-state index in [2.05, 4.69) is 41.1 Å². The van der Waals surface area contributed by atoms with Gasteiger partial charge in [-0.2, -0.15) is 0 Å². The minimum atomic E-state index is 0.0283. The zero-order valence-corrected chi connectivity index (χ0v) is 19.7. The molecule has 1 aromatic rings. The molecule has 2 heterocycles. The number of nitrogens with one attached hydrogen (secondary N) is 1. The zero-order chi connectivity index (χ0) is 22.9. The Morgan fingerprint density at radius 1 is 1.03 bits per heavy atom. The second-order valence-corrected chi connectivity index (χ2v) is 8.91.